The number of phosphoric acid groups is 1. The fourth-order valence-electron chi connectivity index (χ4n) is 10.4. The highest BCUT2D eigenvalue weighted by atomic mass is 31.2. The van der Waals surface area contributed by atoms with Gasteiger partial charge in [-0.15, -0.1) is 0 Å². The van der Waals surface area contributed by atoms with E-state index in [1.54, 1.807) is 0 Å². The Labute approximate surface area is 496 Å². The highest BCUT2D eigenvalue weighted by Gasteiger charge is 2.26. The summed E-state index contributed by atoms with van der Waals surface area (Å²) in [6, 6.07) is 0. The first-order valence-electron chi connectivity index (χ1n) is 34.6. The Bertz CT molecular complexity index is 1450. The molecule has 0 rings (SSSR count). The summed E-state index contributed by atoms with van der Waals surface area (Å²) in [7, 11) is -4.39. The van der Waals surface area contributed by atoms with Crippen LogP contribution in [-0.4, -0.2) is 49.3 Å². The summed E-state index contributed by atoms with van der Waals surface area (Å²) >= 11 is 0. The average Bonchev–Trinajstić information content (AvgIpc) is 3.45. The van der Waals surface area contributed by atoms with Gasteiger partial charge in [0.05, 0.1) is 13.2 Å². The van der Waals surface area contributed by atoms with Crippen LogP contribution < -0.4 is 5.73 Å². The number of hydrogen-bond acceptors (Lipinski definition) is 8. The van der Waals surface area contributed by atoms with Gasteiger partial charge in [0.1, 0.15) is 6.61 Å². The van der Waals surface area contributed by atoms with E-state index in [-0.39, 0.29) is 38.6 Å². The lowest BCUT2D eigenvalue weighted by Crippen LogP contribution is -2.29. The number of carbonyl (C=O) groups excluding carboxylic acids is 2. The zero-order valence-electron chi connectivity index (χ0n) is 52.8. The Kier molecular flexibility index (Phi) is 64.4. The molecule has 0 aliphatic rings. The number of hydrogen-bond donors (Lipinski definition) is 2. The minimum Gasteiger partial charge on any atom is -0.462 e. The summed E-state index contributed by atoms with van der Waals surface area (Å²) in [6.07, 6.45) is 83.5. The predicted molar refractivity (Wildman–Crippen MR) is 344 cm³/mol. The SMILES string of the molecule is CC/C=C\C/C=C\C/C=C\C/C=C\CCCCCCCCCCCCCCCCCCCCCCC(=O)OC(COC(=O)CCCCCCCCCCCCCCCCCCCCCCCCCCCC)COP(=O)(O)OCCN. The van der Waals surface area contributed by atoms with Crippen LogP contribution in [0.3, 0.4) is 0 Å². The van der Waals surface area contributed by atoms with Crippen LogP contribution in [0.15, 0.2) is 48.6 Å². The van der Waals surface area contributed by atoms with E-state index in [0.29, 0.717) is 6.42 Å². The predicted octanol–water partition coefficient (Wildman–Crippen LogP) is 22.5. The molecular weight excluding hydrogens is 1010 g/mol. The molecule has 9 nitrogen and oxygen atoms in total. The number of allylic oxidation sites excluding steroid dienone is 8. The third kappa shape index (κ3) is 65.1. The molecule has 0 amide bonds. The maximum absolute atomic E-state index is 12.8. The molecule has 0 aliphatic carbocycles. The summed E-state index contributed by atoms with van der Waals surface area (Å²) in [5, 5.41) is 0. The van der Waals surface area contributed by atoms with Gasteiger partial charge in [0.25, 0.3) is 0 Å². The van der Waals surface area contributed by atoms with Crippen LogP contribution in [0.2, 0.25) is 0 Å². The Morgan fingerprint density at radius 2 is 0.688 bits per heavy atom. The molecular formula is C70H132NO8P. The number of phosphoric ester groups is 1. The lowest BCUT2D eigenvalue weighted by Gasteiger charge is -2.19. The topological polar surface area (TPSA) is 134 Å². The number of esters is 2. The molecule has 2 unspecified atom stereocenters. The Hall–Kier alpha value is -2.03. The number of ether oxygens (including phenoxy) is 2. The van der Waals surface area contributed by atoms with E-state index in [4.69, 9.17) is 24.3 Å². The van der Waals surface area contributed by atoms with Crippen molar-refractivity contribution in [2.24, 2.45) is 5.73 Å². The number of nitrogens with two attached hydrogens (primary N) is 1. The molecule has 3 N–H and O–H groups in total. The molecule has 80 heavy (non-hydrogen) atoms. The molecule has 0 radical (unpaired) electrons. The van der Waals surface area contributed by atoms with Crippen molar-refractivity contribution in [3.05, 3.63) is 48.6 Å². The van der Waals surface area contributed by atoms with Crippen LogP contribution in [-0.2, 0) is 32.7 Å². The first-order valence-corrected chi connectivity index (χ1v) is 36.1. The average molecular weight is 1150 g/mol. The van der Waals surface area contributed by atoms with Gasteiger partial charge in [0.15, 0.2) is 6.10 Å². The normalized spacial score (nSPS) is 13.2. The van der Waals surface area contributed by atoms with Crippen molar-refractivity contribution in [2.75, 3.05) is 26.4 Å². The van der Waals surface area contributed by atoms with Crippen molar-refractivity contribution in [3.63, 3.8) is 0 Å². The van der Waals surface area contributed by atoms with Gasteiger partial charge in [-0.25, -0.2) is 4.57 Å². The number of rotatable bonds is 66. The molecule has 0 fully saturated rings. The van der Waals surface area contributed by atoms with E-state index in [9.17, 15) is 19.0 Å². The molecule has 0 spiro atoms. The fraction of sp³-hybridized carbons (Fsp3) is 0.857. The highest BCUT2D eigenvalue weighted by Crippen LogP contribution is 2.43. The van der Waals surface area contributed by atoms with Crippen LogP contribution in [0.1, 0.15) is 354 Å². The smallest absolute Gasteiger partial charge is 0.462 e. The Morgan fingerprint density at radius 3 is 1.02 bits per heavy atom. The second kappa shape index (κ2) is 66.1. The maximum atomic E-state index is 12.8. The van der Waals surface area contributed by atoms with Crippen molar-refractivity contribution < 1.29 is 37.6 Å². The van der Waals surface area contributed by atoms with Gasteiger partial charge >= 0.3 is 19.8 Å². The summed E-state index contributed by atoms with van der Waals surface area (Å²) in [4.78, 5) is 35.3. The van der Waals surface area contributed by atoms with E-state index in [0.717, 1.165) is 57.8 Å². The summed E-state index contributed by atoms with van der Waals surface area (Å²) in [6.45, 7) is 3.71. The van der Waals surface area contributed by atoms with Gasteiger partial charge in [0, 0.05) is 19.4 Å². The van der Waals surface area contributed by atoms with Gasteiger partial charge in [-0.3, -0.25) is 18.6 Å². The molecule has 0 saturated heterocycles. The highest BCUT2D eigenvalue weighted by molar-refractivity contribution is 7.47. The van der Waals surface area contributed by atoms with Crippen molar-refractivity contribution >= 4 is 19.8 Å². The van der Waals surface area contributed by atoms with Crippen LogP contribution in [0.4, 0.5) is 0 Å². The lowest BCUT2D eigenvalue weighted by molar-refractivity contribution is -0.161. The molecule has 0 aliphatic heterocycles. The third-order valence-corrected chi connectivity index (χ3v) is 16.5. The van der Waals surface area contributed by atoms with E-state index in [1.165, 1.54) is 263 Å². The summed E-state index contributed by atoms with van der Waals surface area (Å²) < 4.78 is 33.2. The van der Waals surface area contributed by atoms with Crippen molar-refractivity contribution in [1.29, 1.82) is 0 Å². The second-order valence-corrected chi connectivity index (χ2v) is 24.8. The first kappa shape index (κ1) is 78.0. The van der Waals surface area contributed by atoms with Gasteiger partial charge in [0.2, 0.25) is 0 Å². The van der Waals surface area contributed by atoms with Gasteiger partial charge in [-0.2, -0.15) is 0 Å². The van der Waals surface area contributed by atoms with Gasteiger partial charge < -0.3 is 20.1 Å². The summed E-state index contributed by atoms with van der Waals surface area (Å²) in [5.41, 5.74) is 5.40. The van der Waals surface area contributed by atoms with Crippen molar-refractivity contribution in [3.8, 4) is 0 Å². The van der Waals surface area contributed by atoms with Gasteiger partial charge in [-0.05, 0) is 51.4 Å². The zero-order valence-corrected chi connectivity index (χ0v) is 53.7. The maximum Gasteiger partial charge on any atom is 0.472 e. The van der Waals surface area contributed by atoms with Crippen LogP contribution >= 0.6 is 7.82 Å². The van der Waals surface area contributed by atoms with Crippen LogP contribution in [0.5, 0.6) is 0 Å². The monoisotopic (exact) mass is 1150 g/mol. The fourth-order valence-corrected chi connectivity index (χ4v) is 11.2. The Balaban J connectivity index is 3.82. The minimum atomic E-state index is -4.39. The molecule has 0 bridgehead atoms. The zero-order chi connectivity index (χ0) is 58.0. The molecule has 0 saturated carbocycles. The Morgan fingerprint density at radius 1 is 0.388 bits per heavy atom. The van der Waals surface area contributed by atoms with Gasteiger partial charge in [-0.1, -0.05) is 339 Å². The van der Waals surface area contributed by atoms with Crippen molar-refractivity contribution in [2.45, 2.75) is 360 Å². The molecule has 0 aromatic heterocycles. The van der Waals surface area contributed by atoms with E-state index < -0.39 is 26.5 Å². The quantitative estimate of drug-likeness (QED) is 0.0264. The first-order chi connectivity index (χ1) is 39.3. The van der Waals surface area contributed by atoms with Crippen LogP contribution in [0.25, 0.3) is 0 Å². The number of unbranched alkanes of at least 4 members (excludes halogenated alkanes) is 45. The van der Waals surface area contributed by atoms with E-state index in [1.807, 2.05) is 0 Å². The largest absolute Gasteiger partial charge is 0.472 e. The lowest BCUT2D eigenvalue weighted by atomic mass is 10.0. The third-order valence-electron chi connectivity index (χ3n) is 15.5. The van der Waals surface area contributed by atoms with E-state index >= 15 is 0 Å². The minimum absolute atomic E-state index is 0.0559. The molecule has 470 valence electrons. The molecule has 0 heterocycles. The summed E-state index contributed by atoms with van der Waals surface area (Å²) in [5.74, 6) is -0.805. The molecule has 10 heteroatoms. The molecule has 0 aromatic rings. The number of carbonyl (C=O) groups is 2. The van der Waals surface area contributed by atoms with Crippen LogP contribution in [0, 0.1) is 0 Å². The van der Waals surface area contributed by atoms with E-state index in [2.05, 4.69) is 62.5 Å². The molecule has 2 atom stereocenters. The molecule has 0 aromatic carbocycles. The van der Waals surface area contributed by atoms with Crippen molar-refractivity contribution in [1.82, 2.24) is 0 Å². The standard InChI is InChI=1S/C70H132NO8P/c1-3-5-7-9-11-13-15-17-19-21-23-25-27-29-31-32-33-34-35-36-37-39-41-43-45-47-49-51-53-55-57-59-61-63-70(73)79-68(67-78-80(74,75)77-65-64-71)66-76-69(72)62-60-58-56-54-52-50-48-46-44-42-40-38-30-28-26-24-22-20-18-16-14-12-10-8-6-4-2/h5,7,11,13,17,19,23,25,68H,3-4,6,8-10,12,14-16,18,20-22,24,26-67,71H2,1-2H3,(H,74,75)/b7-5-,13-11-,19-17-,25-23-. The second-order valence-electron chi connectivity index (χ2n) is 23.4.